The van der Waals surface area contributed by atoms with Gasteiger partial charge in [-0.15, -0.1) is 0 Å². The minimum absolute atomic E-state index is 0.186. The summed E-state index contributed by atoms with van der Waals surface area (Å²) in [5.74, 6) is 0.0746. The molecule has 1 amide bonds. The first-order valence-corrected chi connectivity index (χ1v) is 8.32. The fourth-order valence-electron chi connectivity index (χ4n) is 2.66. The zero-order valence-corrected chi connectivity index (χ0v) is 14.6. The summed E-state index contributed by atoms with van der Waals surface area (Å²) in [6, 6.07) is 17.4. The second kappa shape index (κ2) is 8.13. The first-order valence-electron chi connectivity index (χ1n) is 8.32. The smallest absolute Gasteiger partial charge is 0.322 e. The van der Waals surface area contributed by atoms with Gasteiger partial charge in [-0.1, -0.05) is 48.5 Å². The largest absolute Gasteiger partial charge is 0.491 e. The number of aryl methyl sites for hydroxylation is 1. The Hall–Kier alpha value is -3.68. The number of carbonyl (C=O) groups is 1. The van der Waals surface area contributed by atoms with Crippen LogP contribution in [0.1, 0.15) is 16.2 Å². The van der Waals surface area contributed by atoms with Gasteiger partial charge < -0.3 is 10.1 Å². The van der Waals surface area contributed by atoms with E-state index in [2.05, 4.69) is 15.5 Å². The van der Waals surface area contributed by atoms with Crippen molar-refractivity contribution < 1.29 is 14.5 Å². The van der Waals surface area contributed by atoms with Crippen molar-refractivity contribution in [1.29, 1.82) is 0 Å². The average molecular weight is 366 g/mol. The first-order chi connectivity index (χ1) is 13.1. The van der Waals surface area contributed by atoms with E-state index in [-0.39, 0.29) is 30.2 Å². The van der Waals surface area contributed by atoms with Gasteiger partial charge in [-0.05, 0) is 18.6 Å². The second-order valence-corrected chi connectivity index (χ2v) is 5.77. The third-order valence-electron chi connectivity index (χ3n) is 3.93. The van der Waals surface area contributed by atoms with Crippen LogP contribution in [0.5, 0.6) is 5.75 Å². The molecule has 0 fully saturated rings. The van der Waals surface area contributed by atoms with Crippen LogP contribution in [0, 0.1) is 17.0 Å². The molecule has 0 atom stereocenters. The Morgan fingerprint density at radius 3 is 2.63 bits per heavy atom. The Kier molecular flexibility index (Phi) is 5.46. The number of nitro groups is 1. The Balaban J connectivity index is 1.60. The highest BCUT2D eigenvalue weighted by Gasteiger charge is 2.26. The average Bonchev–Trinajstić information content (AvgIpc) is 3.08. The normalized spacial score (nSPS) is 10.4. The standard InChI is InChI=1S/C19H18N4O4/c1-13-18(23(25)26)17(22-21-13)19(24)20-11-12-27-16-10-6-5-9-15(16)14-7-3-2-4-8-14/h2-10H,11-12H2,1H3,(H,20,24)(H,21,22). The van der Waals surface area contributed by atoms with Crippen LogP contribution in [-0.2, 0) is 0 Å². The summed E-state index contributed by atoms with van der Waals surface area (Å²) in [6.07, 6.45) is 0. The lowest BCUT2D eigenvalue weighted by Gasteiger charge is -2.12. The van der Waals surface area contributed by atoms with Gasteiger partial charge in [0.15, 0.2) is 0 Å². The number of para-hydroxylation sites is 1. The molecule has 2 aromatic carbocycles. The number of rotatable bonds is 7. The monoisotopic (exact) mass is 366 g/mol. The maximum atomic E-state index is 12.1. The Morgan fingerprint density at radius 2 is 1.89 bits per heavy atom. The molecule has 8 nitrogen and oxygen atoms in total. The number of aromatic nitrogens is 2. The van der Waals surface area contributed by atoms with E-state index in [9.17, 15) is 14.9 Å². The first kappa shape index (κ1) is 18.1. The van der Waals surface area contributed by atoms with Gasteiger partial charge >= 0.3 is 5.69 Å². The van der Waals surface area contributed by atoms with Gasteiger partial charge in [0.2, 0.25) is 5.69 Å². The van der Waals surface area contributed by atoms with Crippen LogP contribution in [0.25, 0.3) is 11.1 Å². The van der Waals surface area contributed by atoms with Gasteiger partial charge in [0.05, 0.1) is 11.5 Å². The number of hydrogen-bond donors (Lipinski definition) is 2. The van der Waals surface area contributed by atoms with Crippen LogP contribution in [0.2, 0.25) is 0 Å². The fraction of sp³-hybridized carbons (Fsp3) is 0.158. The van der Waals surface area contributed by atoms with E-state index in [0.717, 1.165) is 11.1 Å². The Labute approximate surface area is 155 Å². The maximum Gasteiger partial charge on any atom is 0.322 e. The summed E-state index contributed by atoms with van der Waals surface area (Å²) in [5.41, 5.74) is 1.66. The van der Waals surface area contributed by atoms with E-state index in [0.29, 0.717) is 5.75 Å². The van der Waals surface area contributed by atoms with Gasteiger partial charge in [0.1, 0.15) is 18.1 Å². The summed E-state index contributed by atoms with van der Waals surface area (Å²) in [7, 11) is 0. The van der Waals surface area contributed by atoms with Crippen molar-refractivity contribution in [3.05, 3.63) is 76.1 Å². The molecule has 138 valence electrons. The van der Waals surface area contributed by atoms with Gasteiger partial charge in [-0.3, -0.25) is 20.0 Å². The van der Waals surface area contributed by atoms with Crippen LogP contribution in [0.3, 0.4) is 0 Å². The number of nitrogens with one attached hydrogen (secondary N) is 2. The molecule has 3 rings (SSSR count). The molecule has 8 heteroatoms. The van der Waals surface area contributed by atoms with Gasteiger partial charge in [-0.2, -0.15) is 5.10 Å². The van der Waals surface area contributed by atoms with Crippen LogP contribution < -0.4 is 10.1 Å². The van der Waals surface area contributed by atoms with Crippen molar-refractivity contribution in [2.75, 3.05) is 13.2 Å². The summed E-state index contributed by atoms with van der Waals surface area (Å²) in [5, 5.41) is 19.8. The minimum atomic E-state index is -0.625. The molecule has 0 spiro atoms. The van der Waals surface area contributed by atoms with Crippen molar-refractivity contribution in [1.82, 2.24) is 15.5 Å². The fourth-order valence-corrected chi connectivity index (χ4v) is 2.66. The summed E-state index contributed by atoms with van der Waals surface area (Å²) in [4.78, 5) is 22.5. The minimum Gasteiger partial charge on any atom is -0.491 e. The number of aromatic amines is 1. The molecule has 3 aromatic rings. The number of amides is 1. The van der Waals surface area contributed by atoms with Crippen molar-refractivity contribution in [3.63, 3.8) is 0 Å². The molecule has 0 aliphatic heterocycles. The molecule has 0 unspecified atom stereocenters. The topological polar surface area (TPSA) is 110 Å². The van der Waals surface area contributed by atoms with E-state index in [4.69, 9.17) is 4.74 Å². The molecule has 2 N–H and O–H groups in total. The number of ether oxygens (including phenoxy) is 1. The number of benzene rings is 2. The predicted molar refractivity (Wildman–Crippen MR) is 99.7 cm³/mol. The molecule has 0 saturated heterocycles. The summed E-state index contributed by atoms with van der Waals surface area (Å²) in [6.45, 7) is 1.89. The molecular weight excluding hydrogens is 348 g/mol. The van der Waals surface area contributed by atoms with E-state index in [1.54, 1.807) is 0 Å². The van der Waals surface area contributed by atoms with E-state index in [1.807, 2.05) is 54.6 Å². The number of carbonyl (C=O) groups excluding carboxylic acids is 1. The van der Waals surface area contributed by atoms with Crippen LogP contribution in [0.4, 0.5) is 5.69 Å². The highest BCUT2D eigenvalue weighted by Crippen LogP contribution is 2.29. The summed E-state index contributed by atoms with van der Waals surface area (Å²) >= 11 is 0. The molecule has 1 heterocycles. The van der Waals surface area contributed by atoms with Crippen molar-refractivity contribution in [2.24, 2.45) is 0 Å². The molecule has 0 radical (unpaired) electrons. The third kappa shape index (κ3) is 4.12. The van der Waals surface area contributed by atoms with Crippen LogP contribution in [-0.4, -0.2) is 34.2 Å². The quantitative estimate of drug-likeness (QED) is 0.379. The van der Waals surface area contributed by atoms with Crippen LogP contribution >= 0.6 is 0 Å². The van der Waals surface area contributed by atoms with E-state index >= 15 is 0 Å². The highest BCUT2D eigenvalue weighted by atomic mass is 16.6. The van der Waals surface area contributed by atoms with E-state index in [1.165, 1.54) is 6.92 Å². The third-order valence-corrected chi connectivity index (χ3v) is 3.93. The Morgan fingerprint density at radius 1 is 1.19 bits per heavy atom. The number of H-pyrrole nitrogens is 1. The summed E-state index contributed by atoms with van der Waals surface area (Å²) < 4.78 is 5.78. The van der Waals surface area contributed by atoms with Crippen molar-refractivity contribution in [3.8, 4) is 16.9 Å². The van der Waals surface area contributed by atoms with Crippen molar-refractivity contribution >= 4 is 11.6 Å². The predicted octanol–water partition coefficient (Wildman–Crippen LogP) is 3.10. The molecule has 0 aliphatic carbocycles. The van der Waals surface area contributed by atoms with Gasteiger partial charge in [0, 0.05) is 5.56 Å². The zero-order chi connectivity index (χ0) is 19.2. The molecular formula is C19H18N4O4. The Bertz CT molecular complexity index is 953. The lowest BCUT2D eigenvalue weighted by molar-refractivity contribution is -0.385. The van der Waals surface area contributed by atoms with Gasteiger partial charge in [-0.25, -0.2) is 0 Å². The zero-order valence-electron chi connectivity index (χ0n) is 14.6. The van der Waals surface area contributed by atoms with Crippen molar-refractivity contribution in [2.45, 2.75) is 6.92 Å². The number of hydrogen-bond acceptors (Lipinski definition) is 5. The molecule has 0 saturated carbocycles. The molecule has 27 heavy (non-hydrogen) atoms. The molecule has 0 bridgehead atoms. The number of nitrogens with zero attached hydrogens (tertiary/aromatic N) is 2. The maximum absolute atomic E-state index is 12.1. The lowest BCUT2D eigenvalue weighted by Crippen LogP contribution is -2.29. The molecule has 1 aromatic heterocycles. The van der Waals surface area contributed by atoms with Gasteiger partial charge in [0.25, 0.3) is 5.91 Å². The molecule has 0 aliphatic rings. The van der Waals surface area contributed by atoms with Crippen LogP contribution in [0.15, 0.2) is 54.6 Å². The highest BCUT2D eigenvalue weighted by molar-refractivity contribution is 5.96. The lowest BCUT2D eigenvalue weighted by atomic mass is 10.1. The van der Waals surface area contributed by atoms with E-state index < -0.39 is 10.8 Å². The second-order valence-electron chi connectivity index (χ2n) is 5.77. The SMILES string of the molecule is Cc1[nH]nc(C(=O)NCCOc2ccccc2-c2ccccc2)c1[N+](=O)[O-].